The molecule has 0 fully saturated rings. The van der Waals surface area contributed by atoms with Crippen molar-refractivity contribution in [2.75, 3.05) is 32.3 Å². The van der Waals surface area contributed by atoms with Gasteiger partial charge >= 0.3 is 5.97 Å². The van der Waals surface area contributed by atoms with Crippen molar-refractivity contribution in [3.8, 4) is 11.5 Å². The van der Waals surface area contributed by atoms with Gasteiger partial charge in [0.2, 0.25) is 0 Å². The first-order valence-electron chi connectivity index (χ1n) is 9.46. The first-order chi connectivity index (χ1) is 14.6. The van der Waals surface area contributed by atoms with E-state index >= 15 is 0 Å². The van der Waals surface area contributed by atoms with Crippen LogP contribution in [-0.2, 0) is 14.3 Å². The summed E-state index contributed by atoms with van der Waals surface area (Å²) in [5.74, 6) is 0.940. The molecule has 0 bridgehead atoms. The molecule has 0 spiro atoms. The van der Waals surface area contributed by atoms with Crippen LogP contribution in [0.4, 0.5) is 0 Å². The minimum atomic E-state index is -0.328. The van der Waals surface area contributed by atoms with Crippen molar-refractivity contribution >= 4 is 40.7 Å². The number of thioether (sulfide) groups is 1. The second-order valence-electron chi connectivity index (χ2n) is 6.36. The van der Waals surface area contributed by atoms with E-state index in [2.05, 4.69) is 5.10 Å². The molecule has 30 heavy (non-hydrogen) atoms. The Morgan fingerprint density at radius 3 is 2.70 bits per heavy atom. The van der Waals surface area contributed by atoms with Crippen LogP contribution in [0.1, 0.15) is 29.8 Å². The summed E-state index contributed by atoms with van der Waals surface area (Å²) in [6, 6.07) is 9.25. The number of carbonyl (C=O) groups is 2. The smallest absolute Gasteiger partial charge is 0.315 e. The van der Waals surface area contributed by atoms with Gasteiger partial charge in [-0.25, -0.2) is 5.01 Å². The van der Waals surface area contributed by atoms with Crippen molar-refractivity contribution in [1.82, 2.24) is 5.01 Å². The molecule has 2 heterocycles. The first kappa shape index (κ1) is 22.2. The molecular formula is C21H24N2O5S2. The Hall–Kier alpha value is -2.52. The fourth-order valence-electron chi connectivity index (χ4n) is 3.24. The highest BCUT2D eigenvalue weighted by atomic mass is 32.2. The van der Waals surface area contributed by atoms with Gasteiger partial charge in [0, 0.05) is 12.0 Å². The lowest BCUT2D eigenvalue weighted by atomic mass is 9.99. The maximum atomic E-state index is 13.0. The predicted octanol–water partition coefficient (Wildman–Crippen LogP) is 3.74. The first-order valence-corrected chi connectivity index (χ1v) is 11.5. The number of methoxy groups -OCH3 is 2. The highest BCUT2D eigenvalue weighted by Gasteiger charge is 2.35. The summed E-state index contributed by atoms with van der Waals surface area (Å²) in [7, 11) is 3.16. The second kappa shape index (κ2) is 10.5. The summed E-state index contributed by atoms with van der Waals surface area (Å²) in [6.07, 6.45) is 0.568. The minimum Gasteiger partial charge on any atom is -0.493 e. The van der Waals surface area contributed by atoms with E-state index in [1.165, 1.54) is 16.8 Å². The number of hydrazone groups is 1. The van der Waals surface area contributed by atoms with Crippen LogP contribution in [-0.4, -0.2) is 54.9 Å². The van der Waals surface area contributed by atoms with E-state index in [1.54, 1.807) is 32.5 Å². The molecule has 1 amide bonds. The fourth-order valence-corrected chi connectivity index (χ4v) is 4.62. The number of rotatable bonds is 9. The van der Waals surface area contributed by atoms with Gasteiger partial charge in [-0.3, -0.25) is 9.59 Å². The Balaban J connectivity index is 1.85. The number of hydrogen-bond donors (Lipinski definition) is 0. The van der Waals surface area contributed by atoms with Crippen LogP contribution in [0.25, 0.3) is 0 Å². The topological polar surface area (TPSA) is 77.4 Å². The molecule has 0 N–H and O–H groups in total. The monoisotopic (exact) mass is 448 g/mol. The molecule has 0 aliphatic carbocycles. The van der Waals surface area contributed by atoms with Crippen LogP contribution in [0.5, 0.6) is 11.5 Å². The molecule has 7 nitrogen and oxygen atoms in total. The van der Waals surface area contributed by atoms with Gasteiger partial charge in [-0.1, -0.05) is 18.2 Å². The van der Waals surface area contributed by atoms with Crippen LogP contribution in [0.3, 0.4) is 0 Å². The Bertz CT molecular complexity index is 914. The maximum absolute atomic E-state index is 13.0. The highest BCUT2D eigenvalue weighted by molar-refractivity contribution is 8.00. The van der Waals surface area contributed by atoms with Crippen LogP contribution < -0.4 is 9.47 Å². The molecule has 3 rings (SSSR count). The quantitative estimate of drug-likeness (QED) is 0.544. The predicted molar refractivity (Wildman–Crippen MR) is 119 cm³/mol. The number of esters is 1. The normalized spacial score (nSPS) is 15.6. The number of ether oxygens (including phenoxy) is 3. The molecule has 0 saturated heterocycles. The van der Waals surface area contributed by atoms with Gasteiger partial charge < -0.3 is 14.2 Å². The van der Waals surface area contributed by atoms with Crippen LogP contribution in [0, 0.1) is 0 Å². The number of carbonyl (C=O) groups excluding carboxylic acids is 2. The molecule has 1 unspecified atom stereocenters. The van der Waals surface area contributed by atoms with Gasteiger partial charge in [-0.05, 0) is 24.4 Å². The lowest BCUT2D eigenvalue weighted by Crippen LogP contribution is -2.29. The summed E-state index contributed by atoms with van der Waals surface area (Å²) in [5.41, 5.74) is 1.68. The maximum Gasteiger partial charge on any atom is 0.315 e. The van der Waals surface area contributed by atoms with Crippen molar-refractivity contribution < 1.29 is 23.8 Å². The Labute approximate surface area is 184 Å². The van der Waals surface area contributed by atoms with Gasteiger partial charge in [-0.15, -0.1) is 23.1 Å². The number of benzene rings is 1. The summed E-state index contributed by atoms with van der Waals surface area (Å²) in [5, 5.41) is 8.13. The van der Waals surface area contributed by atoms with E-state index < -0.39 is 0 Å². The molecule has 1 aliphatic heterocycles. The number of hydrogen-bond acceptors (Lipinski definition) is 8. The van der Waals surface area contributed by atoms with Gasteiger partial charge in [0.25, 0.3) is 5.91 Å². The molecule has 160 valence electrons. The highest BCUT2D eigenvalue weighted by Crippen LogP contribution is 2.42. The van der Waals surface area contributed by atoms with Gasteiger partial charge in [-0.2, -0.15) is 5.10 Å². The largest absolute Gasteiger partial charge is 0.493 e. The van der Waals surface area contributed by atoms with Crippen LogP contribution in [0.2, 0.25) is 0 Å². The number of thiophene rings is 1. The standard InChI is InChI=1S/C21H24N2O5S2/c1-4-28-20(25)13-29-12-19(24)23-16(11-15(22-23)18-9-6-10-30-18)14-7-5-8-17(26-2)21(14)27-3/h5-10,16H,4,11-13H2,1-3H3. The van der Waals surface area contributed by atoms with Crippen LogP contribution >= 0.6 is 23.1 Å². The Kier molecular flexibility index (Phi) is 7.75. The molecule has 1 aromatic heterocycles. The van der Waals surface area contributed by atoms with E-state index in [0.717, 1.165) is 16.2 Å². The number of para-hydroxylation sites is 1. The zero-order valence-corrected chi connectivity index (χ0v) is 18.8. The third-order valence-electron chi connectivity index (χ3n) is 4.51. The van der Waals surface area contributed by atoms with Gasteiger partial charge in [0.05, 0.1) is 49.0 Å². The summed E-state index contributed by atoms with van der Waals surface area (Å²) >= 11 is 2.81. The summed E-state index contributed by atoms with van der Waals surface area (Å²) in [4.78, 5) is 25.6. The zero-order valence-electron chi connectivity index (χ0n) is 17.1. The SMILES string of the molecule is CCOC(=O)CSCC(=O)N1N=C(c2cccs2)CC1c1cccc(OC)c1OC. The second-order valence-corrected chi connectivity index (χ2v) is 8.30. The molecule has 1 aromatic carbocycles. The molecule has 1 atom stereocenters. The summed E-state index contributed by atoms with van der Waals surface area (Å²) in [6.45, 7) is 2.08. The van der Waals surface area contributed by atoms with E-state index in [1.807, 2.05) is 35.7 Å². The molecule has 0 saturated carbocycles. The van der Waals surface area contributed by atoms with E-state index in [4.69, 9.17) is 14.2 Å². The lowest BCUT2D eigenvalue weighted by Gasteiger charge is -2.24. The van der Waals surface area contributed by atoms with Crippen molar-refractivity contribution in [2.24, 2.45) is 5.10 Å². The fraction of sp³-hybridized carbons (Fsp3) is 0.381. The minimum absolute atomic E-state index is 0.127. The van der Waals surface area contributed by atoms with Crippen molar-refractivity contribution in [3.63, 3.8) is 0 Å². The molecule has 1 aliphatic rings. The van der Waals surface area contributed by atoms with E-state index in [0.29, 0.717) is 24.5 Å². The van der Waals surface area contributed by atoms with E-state index in [-0.39, 0.29) is 29.4 Å². The van der Waals surface area contributed by atoms with Crippen LogP contribution in [0.15, 0.2) is 40.8 Å². The Morgan fingerprint density at radius 2 is 2.03 bits per heavy atom. The lowest BCUT2D eigenvalue weighted by molar-refractivity contribution is -0.139. The van der Waals surface area contributed by atoms with E-state index in [9.17, 15) is 9.59 Å². The van der Waals surface area contributed by atoms with Crippen molar-refractivity contribution in [2.45, 2.75) is 19.4 Å². The number of nitrogens with zero attached hydrogens (tertiary/aromatic N) is 2. The van der Waals surface area contributed by atoms with Crippen molar-refractivity contribution in [1.29, 1.82) is 0 Å². The third kappa shape index (κ3) is 4.96. The molecule has 2 aromatic rings. The van der Waals surface area contributed by atoms with Gasteiger partial charge in [0.1, 0.15) is 0 Å². The number of amides is 1. The average Bonchev–Trinajstić information content (AvgIpc) is 3.43. The zero-order chi connectivity index (χ0) is 21.5. The molecule has 9 heteroatoms. The molecule has 0 radical (unpaired) electrons. The average molecular weight is 449 g/mol. The summed E-state index contributed by atoms with van der Waals surface area (Å²) < 4.78 is 15.9. The van der Waals surface area contributed by atoms with Crippen molar-refractivity contribution in [3.05, 3.63) is 46.2 Å². The Morgan fingerprint density at radius 1 is 1.20 bits per heavy atom. The third-order valence-corrected chi connectivity index (χ3v) is 6.32. The molecular weight excluding hydrogens is 424 g/mol. The van der Waals surface area contributed by atoms with Gasteiger partial charge in [0.15, 0.2) is 11.5 Å².